The number of thioether (sulfide) groups is 2. The van der Waals surface area contributed by atoms with Gasteiger partial charge in [0.1, 0.15) is 25.2 Å². The number of likely N-dealkylation sites (tertiary alicyclic amines) is 1. The fraction of sp³-hybridized carbons (Fsp3) is 0.623. The van der Waals surface area contributed by atoms with Crippen LogP contribution in [0.4, 0.5) is 18.9 Å². The zero-order chi connectivity index (χ0) is 60.4. The quantitative estimate of drug-likeness (QED) is 0.0601. The molecule has 3 amide bonds. The highest BCUT2D eigenvalue weighted by Gasteiger charge is 2.47. The molecule has 6 heterocycles. The topological polar surface area (TPSA) is 195 Å². The number of hydrogen-bond acceptors (Lipinski definition) is 15. The van der Waals surface area contributed by atoms with Crippen LogP contribution in [0.25, 0.3) is 11.3 Å². The summed E-state index contributed by atoms with van der Waals surface area (Å²) in [7, 11) is 5.91. The van der Waals surface area contributed by atoms with Gasteiger partial charge in [0.2, 0.25) is 18.2 Å². The number of fused-ring (bicyclic) bond motifs is 1. The average molecular weight is 1180 g/mol. The first-order chi connectivity index (χ1) is 38.9. The van der Waals surface area contributed by atoms with Gasteiger partial charge in [0, 0.05) is 92.0 Å². The van der Waals surface area contributed by atoms with Crippen LogP contribution in [0.5, 0.6) is 0 Å². The molecule has 21 heteroatoms. The highest BCUT2D eigenvalue weighted by molar-refractivity contribution is 7.99. The number of benzene rings is 1. The Hall–Kier alpha value is -4.90. The molecular weight excluding hydrogens is 1090 g/mol. The van der Waals surface area contributed by atoms with Crippen LogP contribution in [-0.4, -0.2) is 173 Å². The number of pyridine rings is 2. The number of hydrazine groups is 1. The number of amides is 3. The van der Waals surface area contributed by atoms with E-state index in [2.05, 4.69) is 66.0 Å². The van der Waals surface area contributed by atoms with E-state index in [1.165, 1.54) is 22.3 Å². The van der Waals surface area contributed by atoms with Crippen LogP contribution in [0.2, 0.25) is 0 Å². The molecular formula is C61H92F3N11O5S2. The number of nitrogens with one attached hydrogen (secondary N) is 1. The summed E-state index contributed by atoms with van der Waals surface area (Å²) in [6, 6.07) is 13.4. The van der Waals surface area contributed by atoms with Crippen LogP contribution in [0.1, 0.15) is 133 Å². The van der Waals surface area contributed by atoms with Crippen molar-refractivity contribution in [3.8, 4) is 11.3 Å². The molecule has 1 spiro atoms. The first-order valence-electron chi connectivity index (χ1n) is 28.9. The minimum atomic E-state index is -4.46. The number of piperidine rings is 1. The Balaban J connectivity index is 0.000000357. The van der Waals surface area contributed by atoms with E-state index in [1.807, 2.05) is 73.8 Å². The maximum atomic E-state index is 14.4. The van der Waals surface area contributed by atoms with Crippen molar-refractivity contribution < 1.29 is 37.1 Å². The number of aromatic nitrogens is 2. The number of piperazine rings is 1. The van der Waals surface area contributed by atoms with Crippen molar-refractivity contribution in [2.24, 2.45) is 28.7 Å². The molecule has 0 saturated carbocycles. The number of aldehydes is 2. The van der Waals surface area contributed by atoms with Gasteiger partial charge in [-0.3, -0.25) is 29.3 Å². The molecule has 0 bridgehead atoms. The second-order valence-corrected chi connectivity index (χ2v) is 25.7. The molecule has 3 fully saturated rings. The molecule has 0 aliphatic carbocycles. The normalized spacial score (nSPS) is 20.7. The molecule has 1 aromatic carbocycles. The van der Waals surface area contributed by atoms with E-state index in [0.29, 0.717) is 72.3 Å². The first kappa shape index (κ1) is 67.9. The van der Waals surface area contributed by atoms with Crippen molar-refractivity contribution in [2.45, 2.75) is 140 Å². The molecule has 16 nitrogen and oxygen atoms in total. The van der Waals surface area contributed by atoms with Gasteiger partial charge >= 0.3 is 6.18 Å². The minimum absolute atomic E-state index is 0.0581. The van der Waals surface area contributed by atoms with Crippen LogP contribution < -0.4 is 21.8 Å². The van der Waals surface area contributed by atoms with Crippen molar-refractivity contribution in [3.05, 3.63) is 89.9 Å². The molecule has 4 aliphatic rings. The Labute approximate surface area is 494 Å². The summed E-state index contributed by atoms with van der Waals surface area (Å²) in [5.74, 6) is 0.592. The number of likely N-dealkylation sites (N-methyl/N-ethyl adjacent to an activating group) is 2. The Kier molecular flexibility index (Phi) is 26.4. The summed E-state index contributed by atoms with van der Waals surface area (Å²) in [5, 5.41) is 2.67. The van der Waals surface area contributed by atoms with E-state index in [0.717, 1.165) is 100 Å². The lowest BCUT2D eigenvalue weighted by molar-refractivity contribution is -0.132. The molecule has 0 radical (unpaired) electrons. The smallest absolute Gasteiger partial charge is 0.368 e. The average Bonchev–Trinajstić information content (AvgIpc) is 3.71. The number of hydrogen-bond donors (Lipinski definition) is 3. The number of nitrogens with two attached hydrogens (primary N) is 2. The molecule has 2 aromatic heterocycles. The highest BCUT2D eigenvalue weighted by Crippen LogP contribution is 2.56. The van der Waals surface area contributed by atoms with E-state index >= 15 is 0 Å². The molecule has 4 aliphatic heterocycles. The number of carbonyl (C=O) groups is 5. The molecule has 3 aromatic rings. The Morgan fingerprint density at radius 1 is 1.00 bits per heavy atom. The van der Waals surface area contributed by atoms with Crippen LogP contribution in [0.15, 0.2) is 67.4 Å². The third kappa shape index (κ3) is 19.1. The third-order valence-corrected chi connectivity index (χ3v) is 18.6. The standard InChI is InChI=1S/C41H55F3N6O2S2.C13H23N3O.C7H14N2O2/c1-5-34(45)38-31(12-9-18-46-38)39-33(23-40(2,3)17-10-20-51)32-22-29(15-16-36(32)50(39)26-41(42,43)44)35-13-8-11-30(47-35)21-28(24-52)25-54-27-49-19-7-6-14-37(48-49)53-4;1-4-12(17)16-10-9-15(3)13(11-16)5-7-14(2)8-6-13;1-5(2)6(7(8)11)9(3)4-10/h8-9,11-13,15-16,18,20,22,24,28,33-34,37,39,48H,5-7,10,14,17,19,21,23,25-27,45H2,1-4H3;4H,1,5-11H2,2-3H3;4-6H,1-3H3,(H2,8,11). The van der Waals surface area contributed by atoms with Crippen molar-refractivity contribution in [1.29, 1.82) is 0 Å². The lowest BCUT2D eigenvalue weighted by atomic mass is 9.74. The number of carbonyl (C=O) groups excluding carboxylic acids is 5. The van der Waals surface area contributed by atoms with Crippen LogP contribution >= 0.6 is 23.5 Å². The summed E-state index contributed by atoms with van der Waals surface area (Å²) < 4.78 is 43.3. The first-order valence-corrected chi connectivity index (χ1v) is 31.3. The van der Waals surface area contributed by atoms with Gasteiger partial charge in [0.25, 0.3) is 0 Å². The predicted molar refractivity (Wildman–Crippen MR) is 326 cm³/mol. The van der Waals surface area contributed by atoms with Gasteiger partial charge < -0.3 is 40.7 Å². The molecule has 6 atom stereocenters. The summed E-state index contributed by atoms with van der Waals surface area (Å²) in [5.41, 5.74) is 20.0. The summed E-state index contributed by atoms with van der Waals surface area (Å²) in [6.07, 6.45) is 11.7. The van der Waals surface area contributed by atoms with E-state index in [4.69, 9.17) is 16.5 Å². The minimum Gasteiger partial charge on any atom is -0.368 e. The molecule has 454 valence electrons. The van der Waals surface area contributed by atoms with Gasteiger partial charge in [0.15, 0.2) is 0 Å². The summed E-state index contributed by atoms with van der Waals surface area (Å²) in [6.45, 7) is 18.1. The van der Waals surface area contributed by atoms with Gasteiger partial charge in [-0.05, 0) is 150 Å². The highest BCUT2D eigenvalue weighted by atomic mass is 32.2. The zero-order valence-electron chi connectivity index (χ0n) is 49.9. The number of alkyl halides is 3. The van der Waals surface area contributed by atoms with Crippen molar-refractivity contribution in [3.63, 3.8) is 0 Å². The molecule has 3 saturated heterocycles. The number of anilines is 1. The monoisotopic (exact) mass is 1180 g/mol. The molecule has 7 rings (SSSR count). The number of halogens is 3. The summed E-state index contributed by atoms with van der Waals surface area (Å²) in [4.78, 5) is 75.5. The third-order valence-electron chi connectivity index (χ3n) is 16.5. The lowest BCUT2D eigenvalue weighted by Gasteiger charge is -2.52. The van der Waals surface area contributed by atoms with E-state index in [-0.39, 0.29) is 34.6 Å². The van der Waals surface area contributed by atoms with E-state index < -0.39 is 36.8 Å². The second kappa shape index (κ2) is 31.8. The Morgan fingerprint density at radius 2 is 1.73 bits per heavy atom. The Bertz CT molecular complexity index is 2550. The fourth-order valence-corrected chi connectivity index (χ4v) is 13.5. The number of primary amides is 1. The fourth-order valence-electron chi connectivity index (χ4n) is 11.9. The maximum Gasteiger partial charge on any atom is 0.405 e. The van der Waals surface area contributed by atoms with Crippen molar-refractivity contribution in [2.75, 3.05) is 89.7 Å². The van der Waals surface area contributed by atoms with E-state index in [1.54, 1.807) is 37.1 Å². The Morgan fingerprint density at radius 3 is 2.34 bits per heavy atom. The summed E-state index contributed by atoms with van der Waals surface area (Å²) >= 11 is 3.57. The second-order valence-electron chi connectivity index (χ2n) is 23.6. The van der Waals surface area contributed by atoms with Crippen LogP contribution in [0.3, 0.4) is 0 Å². The van der Waals surface area contributed by atoms with Crippen molar-refractivity contribution in [1.82, 2.24) is 40.0 Å². The number of rotatable bonds is 23. The van der Waals surface area contributed by atoms with Gasteiger partial charge in [0.05, 0.1) is 28.7 Å². The molecule has 82 heavy (non-hydrogen) atoms. The van der Waals surface area contributed by atoms with E-state index in [9.17, 15) is 37.1 Å². The molecule has 5 N–H and O–H groups in total. The van der Waals surface area contributed by atoms with Crippen LogP contribution in [-0.2, 0) is 30.4 Å². The maximum absolute atomic E-state index is 14.4. The lowest BCUT2D eigenvalue weighted by Crippen LogP contribution is -2.64. The molecule has 6 unspecified atom stereocenters. The SMILES string of the molecule is C=CC(=O)N1CCN(C)C2(CCN(C)CC2)C1.CC(C)C(C(N)=O)N(C)C=O.CCC(N)c1ncccc1C1C(CC(C)(C)CCC=O)c2cc(-c3cccc(CC(C=O)CSCN4CCCCC(SC)N4)n3)ccc2N1CC(F)(F)F. The van der Waals surface area contributed by atoms with Gasteiger partial charge in [-0.2, -0.15) is 13.2 Å². The van der Waals surface area contributed by atoms with Crippen LogP contribution in [0, 0.1) is 17.3 Å². The van der Waals surface area contributed by atoms with Gasteiger partial charge in [-0.1, -0.05) is 59.4 Å². The largest absolute Gasteiger partial charge is 0.405 e. The zero-order valence-corrected chi connectivity index (χ0v) is 51.5. The predicted octanol–water partition coefficient (Wildman–Crippen LogP) is 8.88. The number of nitrogens with zero attached hydrogens (tertiary/aromatic N) is 8. The van der Waals surface area contributed by atoms with Gasteiger partial charge in [-0.25, -0.2) is 10.4 Å². The van der Waals surface area contributed by atoms with Gasteiger partial charge in [-0.15, -0.1) is 23.5 Å². The van der Waals surface area contributed by atoms with Crippen molar-refractivity contribution >= 4 is 60.0 Å².